The topological polar surface area (TPSA) is 29.1 Å². The fourth-order valence-corrected chi connectivity index (χ4v) is 1.91. The van der Waals surface area contributed by atoms with E-state index in [1.165, 1.54) is 17.7 Å². The van der Waals surface area contributed by atoms with Crippen LogP contribution in [0.5, 0.6) is 0 Å². The average molecular weight is 322 g/mol. The van der Waals surface area contributed by atoms with Gasteiger partial charge in [-0.25, -0.2) is 4.39 Å². The van der Waals surface area contributed by atoms with Gasteiger partial charge in [0.05, 0.1) is 4.47 Å². The van der Waals surface area contributed by atoms with Gasteiger partial charge in [-0.2, -0.15) is 0 Å². The molecule has 0 heterocycles. The lowest BCUT2D eigenvalue weighted by Crippen LogP contribution is -2.12. The molecule has 1 N–H and O–H groups in total. The number of benzene rings is 2. The van der Waals surface area contributed by atoms with Crippen LogP contribution >= 0.6 is 15.9 Å². The lowest BCUT2D eigenvalue weighted by molar-refractivity contribution is 0.102. The molecule has 0 aromatic heterocycles. The van der Waals surface area contributed by atoms with Crippen LogP contribution < -0.4 is 5.32 Å². The second-order valence-electron chi connectivity index (χ2n) is 4.13. The normalized spacial score (nSPS) is 10.3. The zero-order valence-corrected chi connectivity index (χ0v) is 12.0. The standard InChI is InChI=1S/C15H13BrFNO/c1-2-10-3-6-12(7-4-10)18-15(19)11-5-8-13(16)14(17)9-11/h3-9H,2H2,1H3,(H,18,19). The third kappa shape index (κ3) is 3.41. The van der Waals surface area contributed by atoms with E-state index in [9.17, 15) is 9.18 Å². The first kappa shape index (κ1) is 13.7. The van der Waals surface area contributed by atoms with Crippen LogP contribution in [0.3, 0.4) is 0 Å². The smallest absolute Gasteiger partial charge is 0.255 e. The minimum absolute atomic E-state index is 0.292. The summed E-state index contributed by atoms with van der Waals surface area (Å²) in [6, 6.07) is 11.9. The second kappa shape index (κ2) is 5.97. The Kier molecular flexibility index (Phi) is 4.32. The third-order valence-electron chi connectivity index (χ3n) is 2.80. The highest BCUT2D eigenvalue weighted by atomic mass is 79.9. The molecular weight excluding hydrogens is 309 g/mol. The number of aryl methyl sites for hydroxylation is 1. The van der Waals surface area contributed by atoms with Crippen LogP contribution in [-0.4, -0.2) is 5.91 Å². The van der Waals surface area contributed by atoms with E-state index >= 15 is 0 Å². The first-order chi connectivity index (χ1) is 9.10. The SMILES string of the molecule is CCc1ccc(NC(=O)c2ccc(Br)c(F)c2)cc1. The monoisotopic (exact) mass is 321 g/mol. The summed E-state index contributed by atoms with van der Waals surface area (Å²) in [5.41, 5.74) is 2.19. The maximum atomic E-state index is 13.4. The summed E-state index contributed by atoms with van der Waals surface area (Å²) >= 11 is 3.05. The van der Waals surface area contributed by atoms with Crippen LogP contribution in [0, 0.1) is 5.82 Å². The summed E-state index contributed by atoms with van der Waals surface area (Å²) in [6.45, 7) is 2.07. The Bertz CT molecular complexity index is 596. The molecule has 0 saturated heterocycles. The van der Waals surface area contributed by atoms with E-state index in [1.807, 2.05) is 24.3 Å². The molecule has 0 saturated carbocycles. The van der Waals surface area contributed by atoms with Crippen molar-refractivity contribution < 1.29 is 9.18 Å². The van der Waals surface area contributed by atoms with Crippen molar-refractivity contribution in [2.24, 2.45) is 0 Å². The molecule has 2 nitrogen and oxygen atoms in total. The van der Waals surface area contributed by atoms with E-state index < -0.39 is 5.82 Å². The Morgan fingerprint density at radius 2 is 1.89 bits per heavy atom. The van der Waals surface area contributed by atoms with E-state index in [0.29, 0.717) is 15.7 Å². The Morgan fingerprint density at radius 3 is 2.47 bits per heavy atom. The van der Waals surface area contributed by atoms with Crippen molar-refractivity contribution in [1.29, 1.82) is 0 Å². The van der Waals surface area contributed by atoms with Gasteiger partial charge < -0.3 is 5.32 Å². The number of rotatable bonds is 3. The van der Waals surface area contributed by atoms with E-state index in [-0.39, 0.29) is 5.91 Å². The van der Waals surface area contributed by atoms with Crippen molar-refractivity contribution in [3.8, 4) is 0 Å². The van der Waals surface area contributed by atoms with Crippen LogP contribution in [0.2, 0.25) is 0 Å². The molecule has 0 aliphatic rings. The summed E-state index contributed by atoms with van der Waals surface area (Å²) in [4.78, 5) is 11.9. The molecule has 19 heavy (non-hydrogen) atoms. The summed E-state index contributed by atoms with van der Waals surface area (Å²) in [6.07, 6.45) is 0.951. The first-order valence-corrected chi connectivity index (χ1v) is 6.75. The van der Waals surface area contributed by atoms with Gasteiger partial charge in [0, 0.05) is 11.3 Å². The lowest BCUT2D eigenvalue weighted by atomic mass is 10.1. The highest BCUT2D eigenvalue weighted by Crippen LogP contribution is 2.17. The lowest BCUT2D eigenvalue weighted by Gasteiger charge is -2.06. The van der Waals surface area contributed by atoms with Gasteiger partial charge in [0.2, 0.25) is 0 Å². The summed E-state index contributed by atoms with van der Waals surface area (Å²) in [5, 5.41) is 2.74. The molecule has 0 fully saturated rings. The zero-order valence-electron chi connectivity index (χ0n) is 10.4. The molecule has 0 unspecified atom stereocenters. The van der Waals surface area contributed by atoms with Gasteiger partial charge in [-0.05, 0) is 58.2 Å². The summed E-state index contributed by atoms with van der Waals surface area (Å²) in [5.74, 6) is -0.773. The molecule has 0 aliphatic carbocycles. The second-order valence-corrected chi connectivity index (χ2v) is 4.99. The van der Waals surface area contributed by atoms with Crippen LogP contribution in [0.4, 0.5) is 10.1 Å². The van der Waals surface area contributed by atoms with Gasteiger partial charge in [-0.15, -0.1) is 0 Å². The van der Waals surface area contributed by atoms with Gasteiger partial charge in [-0.3, -0.25) is 4.79 Å². The molecule has 0 aliphatic heterocycles. The first-order valence-electron chi connectivity index (χ1n) is 5.95. The van der Waals surface area contributed by atoms with Crippen molar-refractivity contribution in [2.75, 3.05) is 5.32 Å². The Labute approximate surface area is 119 Å². The molecule has 0 atom stereocenters. The fraction of sp³-hybridized carbons (Fsp3) is 0.133. The van der Waals surface area contributed by atoms with Gasteiger partial charge >= 0.3 is 0 Å². The predicted octanol–water partition coefficient (Wildman–Crippen LogP) is 4.40. The largest absolute Gasteiger partial charge is 0.322 e. The van der Waals surface area contributed by atoms with Crippen molar-refractivity contribution >= 4 is 27.5 Å². The molecule has 2 aromatic carbocycles. The molecule has 0 radical (unpaired) electrons. The van der Waals surface area contributed by atoms with E-state index in [0.717, 1.165) is 6.42 Å². The van der Waals surface area contributed by atoms with Gasteiger partial charge in [0.1, 0.15) is 5.82 Å². The minimum Gasteiger partial charge on any atom is -0.322 e. The quantitative estimate of drug-likeness (QED) is 0.891. The van der Waals surface area contributed by atoms with E-state index in [4.69, 9.17) is 0 Å². The van der Waals surface area contributed by atoms with Crippen molar-refractivity contribution in [3.63, 3.8) is 0 Å². The number of amides is 1. The molecule has 4 heteroatoms. The number of carbonyl (C=O) groups is 1. The van der Waals surface area contributed by atoms with E-state index in [1.54, 1.807) is 6.07 Å². The van der Waals surface area contributed by atoms with Crippen molar-refractivity contribution in [2.45, 2.75) is 13.3 Å². The van der Waals surface area contributed by atoms with Gasteiger partial charge in [0.25, 0.3) is 5.91 Å². The molecule has 0 bridgehead atoms. The van der Waals surface area contributed by atoms with Crippen molar-refractivity contribution in [1.82, 2.24) is 0 Å². The summed E-state index contributed by atoms with van der Waals surface area (Å²) < 4.78 is 13.7. The van der Waals surface area contributed by atoms with Crippen LogP contribution in [0.15, 0.2) is 46.9 Å². The van der Waals surface area contributed by atoms with Gasteiger partial charge in [-0.1, -0.05) is 19.1 Å². The molecule has 2 aromatic rings. The summed E-state index contributed by atoms with van der Waals surface area (Å²) in [7, 11) is 0. The Balaban J connectivity index is 2.13. The average Bonchev–Trinajstić information content (AvgIpc) is 2.42. The number of hydrogen-bond donors (Lipinski definition) is 1. The molecular formula is C15H13BrFNO. The Hall–Kier alpha value is -1.68. The number of anilines is 1. The highest BCUT2D eigenvalue weighted by molar-refractivity contribution is 9.10. The van der Waals surface area contributed by atoms with Crippen LogP contribution in [-0.2, 0) is 6.42 Å². The fourth-order valence-electron chi connectivity index (χ4n) is 1.66. The maximum Gasteiger partial charge on any atom is 0.255 e. The third-order valence-corrected chi connectivity index (χ3v) is 3.44. The predicted molar refractivity (Wildman–Crippen MR) is 77.9 cm³/mol. The van der Waals surface area contributed by atoms with Crippen molar-refractivity contribution in [3.05, 3.63) is 63.9 Å². The maximum absolute atomic E-state index is 13.4. The number of carbonyl (C=O) groups excluding carboxylic acids is 1. The zero-order chi connectivity index (χ0) is 13.8. The Morgan fingerprint density at radius 1 is 1.21 bits per heavy atom. The van der Waals surface area contributed by atoms with Crippen LogP contribution in [0.25, 0.3) is 0 Å². The van der Waals surface area contributed by atoms with Crippen LogP contribution in [0.1, 0.15) is 22.8 Å². The number of nitrogens with one attached hydrogen (secondary N) is 1. The highest BCUT2D eigenvalue weighted by Gasteiger charge is 2.08. The number of hydrogen-bond acceptors (Lipinski definition) is 1. The molecule has 1 amide bonds. The molecule has 98 valence electrons. The molecule has 0 spiro atoms. The minimum atomic E-state index is -0.450. The van der Waals surface area contributed by atoms with Gasteiger partial charge in [0.15, 0.2) is 0 Å². The van der Waals surface area contributed by atoms with E-state index in [2.05, 4.69) is 28.2 Å². The molecule has 2 rings (SSSR count). The number of halogens is 2.